The van der Waals surface area contributed by atoms with Crippen molar-refractivity contribution in [3.63, 3.8) is 0 Å². The fourth-order valence-corrected chi connectivity index (χ4v) is 3.29. The van der Waals surface area contributed by atoms with Crippen molar-refractivity contribution in [1.29, 1.82) is 0 Å². The van der Waals surface area contributed by atoms with Gasteiger partial charge < -0.3 is 34.5 Å². The van der Waals surface area contributed by atoms with Crippen LogP contribution in [0.5, 0.6) is 28.7 Å². The number of aryl methyl sites for hydroxylation is 1. The minimum Gasteiger partial charge on any atom is -0.507 e. The van der Waals surface area contributed by atoms with Crippen molar-refractivity contribution in [3.8, 4) is 28.7 Å². The summed E-state index contributed by atoms with van der Waals surface area (Å²) in [5.41, 5.74) is 1.04. The lowest BCUT2D eigenvalue weighted by atomic mass is 10.0. The molecule has 0 saturated carbocycles. The van der Waals surface area contributed by atoms with E-state index in [0.717, 1.165) is 0 Å². The number of carbonyl (C=O) groups excluding carboxylic acids is 1. The summed E-state index contributed by atoms with van der Waals surface area (Å²) < 4.78 is 21.7. The molecule has 1 aliphatic heterocycles. The third-order valence-corrected chi connectivity index (χ3v) is 4.83. The van der Waals surface area contributed by atoms with E-state index in [-0.39, 0.29) is 46.4 Å². The van der Waals surface area contributed by atoms with E-state index >= 15 is 0 Å². The Kier molecular flexibility index (Phi) is 6.14. The molecule has 0 unspecified atom stereocenters. The first-order valence-corrected chi connectivity index (χ1v) is 9.20. The topological polar surface area (TPSA) is 124 Å². The van der Waals surface area contributed by atoms with Crippen LogP contribution in [-0.2, 0) is 11.3 Å². The smallest absolute Gasteiger partial charge is 0.347 e. The van der Waals surface area contributed by atoms with Crippen LogP contribution in [0.3, 0.4) is 0 Å². The lowest BCUT2D eigenvalue weighted by Gasteiger charge is -2.17. The van der Waals surface area contributed by atoms with E-state index in [4.69, 9.17) is 18.9 Å². The first-order chi connectivity index (χ1) is 14.3. The Hall–Kier alpha value is -3.30. The highest BCUT2D eigenvalue weighted by Gasteiger charge is 2.33. The predicted octanol–water partition coefficient (Wildman–Crippen LogP) is 2.78. The van der Waals surface area contributed by atoms with Crippen molar-refractivity contribution >= 4 is 11.9 Å². The summed E-state index contributed by atoms with van der Waals surface area (Å²) in [5, 5.41) is 23.3. The van der Waals surface area contributed by atoms with Crippen LogP contribution >= 0.6 is 0 Å². The number of ether oxygens (including phenoxy) is 4. The van der Waals surface area contributed by atoms with Crippen molar-refractivity contribution in [2.24, 2.45) is 0 Å². The minimum atomic E-state index is -1.28. The summed E-state index contributed by atoms with van der Waals surface area (Å²) in [4.78, 5) is 24.8. The molecule has 3 N–H and O–H groups in total. The molecule has 0 spiro atoms. The number of esters is 1. The second kappa shape index (κ2) is 8.60. The second-order valence-electron chi connectivity index (χ2n) is 6.77. The number of aromatic carboxylic acids is 1. The lowest BCUT2D eigenvalue weighted by molar-refractivity contribution is 0.0685. The molecule has 2 aromatic carbocycles. The summed E-state index contributed by atoms with van der Waals surface area (Å²) in [7, 11) is 2.96. The van der Waals surface area contributed by atoms with Gasteiger partial charge in [0.2, 0.25) is 0 Å². The van der Waals surface area contributed by atoms with Crippen molar-refractivity contribution in [3.05, 3.63) is 39.9 Å². The Morgan fingerprint density at radius 2 is 1.87 bits per heavy atom. The first-order valence-electron chi connectivity index (χ1n) is 9.20. The van der Waals surface area contributed by atoms with E-state index in [1.807, 2.05) is 0 Å². The number of rotatable bonds is 7. The minimum absolute atomic E-state index is 0.0369. The van der Waals surface area contributed by atoms with Gasteiger partial charge in [-0.05, 0) is 31.5 Å². The van der Waals surface area contributed by atoms with E-state index in [2.05, 4.69) is 5.32 Å². The zero-order valence-electron chi connectivity index (χ0n) is 17.1. The molecule has 0 saturated heterocycles. The summed E-state index contributed by atoms with van der Waals surface area (Å²) in [6.45, 7) is 4.37. The maximum atomic E-state index is 12.9. The van der Waals surface area contributed by atoms with Crippen LogP contribution in [0.1, 0.15) is 37.4 Å². The van der Waals surface area contributed by atoms with Crippen LogP contribution in [0, 0.1) is 13.8 Å². The molecule has 9 heteroatoms. The molecule has 0 atom stereocenters. The fraction of sp³-hybridized carbons (Fsp3) is 0.333. The Labute approximate surface area is 173 Å². The Balaban J connectivity index is 2.21. The summed E-state index contributed by atoms with van der Waals surface area (Å²) in [6.07, 6.45) is 0. The van der Waals surface area contributed by atoms with Crippen LogP contribution in [0.4, 0.5) is 0 Å². The van der Waals surface area contributed by atoms with Gasteiger partial charge in [0.25, 0.3) is 0 Å². The van der Waals surface area contributed by atoms with Crippen LogP contribution in [0.25, 0.3) is 0 Å². The third-order valence-electron chi connectivity index (χ3n) is 4.83. The van der Waals surface area contributed by atoms with Crippen LogP contribution < -0.4 is 19.5 Å². The molecule has 0 fully saturated rings. The average Bonchev–Trinajstić information content (AvgIpc) is 2.84. The number of carbonyl (C=O) groups is 2. The van der Waals surface area contributed by atoms with Gasteiger partial charge in [-0.25, -0.2) is 9.59 Å². The number of carboxylic acids is 1. The highest BCUT2D eigenvalue weighted by molar-refractivity contribution is 6.00. The maximum Gasteiger partial charge on any atom is 0.347 e. The number of hydrogen-bond acceptors (Lipinski definition) is 8. The maximum absolute atomic E-state index is 12.9. The van der Waals surface area contributed by atoms with Gasteiger partial charge in [-0.3, -0.25) is 0 Å². The summed E-state index contributed by atoms with van der Waals surface area (Å²) >= 11 is 0. The molecule has 0 radical (unpaired) electrons. The van der Waals surface area contributed by atoms with Gasteiger partial charge in [-0.1, -0.05) is 0 Å². The van der Waals surface area contributed by atoms with Crippen molar-refractivity contribution < 1.29 is 38.7 Å². The largest absolute Gasteiger partial charge is 0.507 e. The van der Waals surface area contributed by atoms with Gasteiger partial charge in [0.1, 0.15) is 22.6 Å². The molecule has 0 bridgehead atoms. The average molecular weight is 417 g/mol. The number of nitrogens with one attached hydrogen (secondary N) is 1. The number of carboxylic acid groups (broad SMARTS) is 1. The zero-order chi connectivity index (χ0) is 22.0. The molecule has 160 valence electrons. The summed E-state index contributed by atoms with van der Waals surface area (Å²) in [5.74, 6) is -1.95. The Morgan fingerprint density at radius 3 is 2.50 bits per heavy atom. The zero-order valence-corrected chi connectivity index (χ0v) is 17.1. The molecule has 30 heavy (non-hydrogen) atoms. The molecule has 0 aliphatic carbocycles. The Bertz CT molecular complexity index is 1020. The van der Waals surface area contributed by atoms with Gasteiger partial charge >= 0.3 is 11.9 Å². The number of phenols is 1. The molecule has 3 rings (SSSR count). The van der Waals surface area contributed by atoms with Crippen LogP contribution in [-0.4, -0.2) is 49.5 Å². The quantitative estimate of drug-likeness (QED) is 0.354. The highest BCUT2D eigenvalue weighted by Crippen LogP contribution is 2.48. The normalized spacial score (nSPS) is 12.3. The number of phenolic OH excluding ortho intramolecular Hbond substituents is 1. The molecule has 2 aromatic rings. The number of fused-ring (bicyclic) bond motifs is 2. The van der Waals surface area contributed by atoms with Gasteiger partial charge in [0.15, 0.2) is 17.2 Å². The number of benzene rings is 2. The second-order valence-corrected chi connectivity index (χ2v) is 6.77. The molecular formula is C21H23NO8. The molecule has 1 heterocycles. The van der Waals surface area contributed by atoms with E-state index in [1.165, 1.54) is 19.2 Å². The van der Waals surface area contributed by atoms with Gasteiger partial charge in [0, 0.05) is 25.8 Å². The fourth-order valence-electron chi connectivity index (χ4n) is 3.29. The van der Waals surface area contributed by atoms with Gasteiger partial charge in [-0.15, -0.1) is 0 Å². The highest BCUT2D eigenvalue weighted by atomic mass is 16.6. The van der Waals surface area contributed by atoms with E-state index in [9.17, 15) is 19.8 Å². The molecular weight excluding hydrogens is 394 g/mol. The number of methoxy groups -OCH3 is 2. The van der Waals surface area contributed by atoms with Crippen molar-refractivity contribution in [1.82, 2.24) is 5.32 Å². The van der Waals surface area contributed by atoms with Crippen molar-refractivity contribution in [2.75, 3.05) is 27.4 Å². The molecule has 1 aliphatic rings. The summed E-state index contributed by atoms with van der Waals surface area (Å²) in [6, 6.07) is 2.75. The predicted molar refractivity (Wildman–Crippen MR) is 106 cm³/mol. The lowest BCUT2D eigenvalue weighted by Crippen LogP contribution is -2.20. The SMILES string of the molecule is COCCNCc1c(O)cc(C)c2c1Oc1c(C(=O)O)cc(OC)c(C)c1OC2=O. The third kappa shape index (κ3) is 3.77. The standard InChI is InChI=1S/C21H23NO8/c1-10-7-14(23)13(9-22-5-6-27-3)18-16(10)21(26)30-17-11(2)15(28-4)8-12(20(24)25)19(17)29-18/h7-8,22-23H,5-6,9H2,1-4H3,(H,24,25). The van der Waals surface area contributed by atoms with E-state index < -0.39 is 11.9 Å². The monoisotopic (exact) mass is 417 g/mol. The first kappa shape index (κ1) is 21.4. The van der Waals surface area contributed by atoms with Crippen LogP contribution in [0.15, 0.2) is 12.1 Å². The number of hydrogen-bond donors (Lipinski definition) is 3. The van der Waals surface area contributed by atoms with Gasteiger partial charge in [0.05, 0.1) is 19.3 Å². The molecule has 0 aromatic heterocycles. The Morgan fingerprint density at radius 1 is 1.13 bits per heavy atom. The molecule has 0 amide bonds. The van der Waals surface area contributed by atoms with E-state index in [0.29, 0.717) is 29.8 Å². The van der Waals surface area contributed by atoms with E-state index in [1.54, 1.807) is 21.0 Å². The molecule has 9 nitrogen and oxygen atoms in total. The van der Waals surface area contributed by atoms with Crippen molar-refractivity contribution in [2.45, 2.75) is 20.4 Å². The van der Waals surface area contributed by atoms with Crippen LogP contribution in [0.2, 0.25) is 0 Å². The van der Waals surface area contributed by atoms with Gasteiger partial charge in [-0.2, -0.15) is 0 Å². The number of aromatic hydroxyl groups is 1.